The number of hydrogen-bond acceptors (Lipinski definition) is 2. The van der Waals surface area contributed by atoms with Crippen molar-refractivity contribution in [2.24, 2.45) is 0 Å². The van der Waals surface area contributed by atoms with Gasteiger partial charge in [0.25, 0.3) is 0 Å². The summed E-state index contributed by atoms with van der Waals surface area (Å²) in [6.45, 7) is 2.94. The first-order valence-electron chi connectivity index (χ1n) is 5.91. The molecule has 102 valence electrons. The van der Waals surface area contributed by atoms with Gasteiger partial charge in [0.2, 0.25) is 0 Å². The molecule has 1 unspecified atom stereocenters. The third-order valence-electron chi connectivity index (χ3n) is 2.96. The average Bonchev–Trinajstić information content (AvgIpc) is 2.76. The summed E-state index contributed by atoms with van der Waals surface area (Å²) in [5, 5.41) is 7.77. The lowest BCUT2D eigenvalue weighted by Crippen LogP contribution is -2.22. The fourth-order valence-corrected chi connectivity index (χ4v) is 3.60. The van der Waals surface area contributed by atoms with Crippen molar-refractivity contribution in [3.05, 3.63) is 48.2 Å². The molecule has 19 heavy (non-hydrogen) atoms. The highest BCUT2D eigenvalue weighted by Gasteiger charge is 2.22. The van der Waals surface area contributed by atoms with Gasteiger partial charge in [-0.3, -0.25) is 4.68 Å². The van der Waals surface area contributed by atoms with Crippen molar-refractivity contribution in [2.45, 2.75) is 19.5 Å². The van der Waals surface area contributed by atoms with Gasteiger partial charge in [0.1, 0.15) is 0 Å². The number of halogens is 3. The summed E-state index contributed by atoms with van der Waals surface area (Å²) in [6.07, 6.45) is 1.85. The van der Waals surface area contributed by atoms with Crippen LogP contribution in [-0.2, 0) is 6.54 Å². The molecule has 2 aromatic rings. The standard InChI is InChI=1S/C13H14Br2IN3/c1-3-19-13(11(15)7-18-19)12(17-2)9-6-8(16)4-5-10(9)14/h4-7,12,17H,3H2,1-2H3. The Morgan fingerprint density at radius 3 is 2.74 bits per heavy atom. The van der Waals surface area contributed by atoms with E-state index in [9.17, 15) is 0 Å². The minimum absolute atomic E-state index is 0.0981. The highest BCUT2D eigenvalue weighted by atomic mass is 127. The Hall–Kier alpha value is 0.0800. The molecular formula is C13H14Br2IN3. The van der Waals surface area contributed by atoms with E-state index in [1.54, 1.807) is 0 Å². The summed E-state index contributed by atoms with van der Waals surface area (Å²) in [6, 6.07) is 6.46. The zero-order valence-corrected chi connectivity index (χ0v) is 16.0. The molecule has 3 nitrogen and oxygen atoms in total. The van der Waals surface area contributed by atoms with Crippen molar-refractivity contribution in [1.82, 2.24) is 15.1 Å². The summed E-state index contributed by atoms with van der Waals surface area (Å²) in [5.41, 5.74) is 2.36. The van der Waals surface area contributed by atoms with Crippen LogP contribution < -0.4 is 5.32 Å². The Morgan fingerprint density at radius 1 is 1.37 bits per heavy atom. The number of nitrogens with one attached hydrogen (secondary N) is 1. The number of aromatic nitrogens is 2. The summed E-state index contributed by atoms with van der Waals surface area (Å²) in [5.74, 6) is 0. The van der Waals surface area contributed by atoms with Gasteiger partial charge >= 0.3 is 0 Å². The van der Waals surface area contributed by atoms with Crippen molar-refractivity contribution >= 4 is 54.5 Å². The predicted octanol–water partition coefficient (Wildman–Crippen LogP) is 4.34. The molecule has 1 aromatic heterocycles. The highest BCUT2D eigenvalue weighted by Crippen LogP contribution is 2.33. The molecule has 0 aliphatic carbocycles. The molecule has 0 aliphatic heterocycles. The van der Waals surface area contributed by atoms with Gasteiger partial charge in [-0.15, -0.1) is 0 Å². The van der Waals surface area contributed by atoms with Crippen molar-refractivity contribution in [3.8, 4) is 0 Å². The molecular weight excluding hydrogens is 485 g/mol. The molecule has 6 heteroatoms. The lowest BCUT2D eigenvalue weighted by Gasteiger charge is -2.20. The zero-order valence-electron chi connectivity index (χ0n) is 10.6. The minimum Gasteiger partial charge on any atom is -0.308 e. The average molecular weight is 499 g/mol. The van der Waals surface area contributed by atoms with E-state index in [4.69, 9.17) is 0 Å². The quantitative estimate of drug-likeness (QED) is 0.636. The van der Waals surface area contributed by atoms with Crippen molar-refractivity contribution < 1.29 is 0 Å². The smallest absolute Gasteiger partial charge is 0.0768 e. The molecule has 0 saturated carbocycles. The molecule has 1 aromatic carbocycles. The first-order chi connectivity index (χ1) is 9.08. The summed E-state index contributed by atoms with van der Waals surface area (Å²) in [7, 11) is 1.97. The van der Waals surface area contributed by atoms with Crippen LogP contribution in [0.25, 0.3) is 0 Å². The second kappa shape index (κ2) is 6.69. The predicted molar refractivity (Wildman–Crippen MR) is 93.4 cm³/mol. The van der Waals surface area contributed by atoms with E-state index >= 15 is 0 Å². The van der Waals surface area contributed by atoms with Gasteiger partial charge in [-0.2, -0.15) is 5.10 Å². The number of nitrogens with zero attached hydrogens (tertiary/aromatic N) is 2. The van der Waals surface area contributed by atoms with E-state index in [1.165, 1.54) is 9.13 Å². The number of benzene rings is 1. The van der Waals surface area contributed by atoms with Gasteiger partial charge in [0.15, 0.2) is 0 Å². The first-order valence-corrected chi connectivity index (χ1v) is 8.58. The Bertz CT molecular complexity index is 583. The van der Waals surface area contributed by atoms with Crippen LogP contribution in [0.3, 0.4) is 0 Å². The maximum Gasteiger partial charge on any atom is 0.0768 e. The second-order valence-corrected chi connectivity index (χ2v) is 7.04. The van der Waals surface area contributed by atoms with Crippen LogP contribution in [0.5, 0.6) is 0 Å². The van der Waals surface area contributed by atoms with E-state index in [0.717, 1.165) is 21.2 Å². The van der Waals surface area contributed by atoms with Crippen LogP contribution in [-0.4, -0.2) is 16.8 Å². The Kier molecular flexibility index (Phi) is 5.45. The number of aryl methyl sites for hydroxylation is 1. The normalized spacial score (nSPS) is 12.7. The van der Waals surface area contributed by atoms with Crippen LogP contribution >= 0.6 is 54.5 Å². The van der Waals surface area contributed by atoms with Crippen LogP contribution in [0.4, 0.5) is 0 Å². The molecule has 1 atom stereocenters. The zero-order chi connectivity index (χ0) is 14.0. The molecule has 1 heterocycles. The van der Waals surface area contributed by atoms with Gasteiger partial charge in [-0.05, 0) is 76.3 Å². The maximum absolute atomic E-state index is 4.39. The van der Waals surface area contributed by atoms with E-state index in [-0.39, 0.29) is 6.04 Å². The van der Waals surface area contributed by atoms with Crippen LogP contribution in [0.15, 0.2) is 33.3 Å². The van der Waals surface area contributed by atoms with E-state index in [1.807, 2.05) is 17.9 Å². The minimum atomic E-state index is 0.0981. The van der Waals surface area contributed by atoms with Crippen molar-refractivity contribution in [3.63, 3.8) is 0 Å². The molecule has 0 radical (unpaired) electrons. The fourth-order valence-electron chi connectivity index (χ4n) is 2.09. The van der Waals surface area contributed by atoms with E-state index in [2.05, 4.69) is 90.0 Å². The Balaban J connectivity index is 2.56. The van der Waals surface area contributed by atoms with Crippen LogP contribution in [0, 0.1) is 3.57 Å². The van der Waals surface area contributed by atoms with Gasteiger partial charge in [-0.1, -0.05) is 15.9 Å². The Morgan fingerprint density at radius 2 is 2.11 bits per heavy atom. The van der Waals surface area contributed by atoms with Crippen LogP contribution in [0.1, 0.15) is 24.2 Å². The molecule has 0 bridgehead atoms. The molecule has 2 rings (SSSR count). The third kappa shape index (κ3) is 3.22. The molecule has 0 amide bonds. The summed E-state index contributed by atoms with van der Waals surface area (Å²) in [4.78, 5) is 0. The topological polar surface area (TPSA) is 29.9 Å². The van der Waals surface area contributed by atoms with E-state index < -0.39 is 0 Å². The highest BCUT2D eigenvalue weighted by molar-refractivity contribution is 14.1. The molecule has 0 aliphatic rings. The van der Waals surface area contributed by atoms with Gasteiger partial charge in [-0.25, -0.2) is 0 Å². The maximum atomic E-state index is 4.39. The van der Waals surface area contributed by atoms with Crippen molar-refractivity contribution in [1.29, 1.82) is 0 Å². The van der Waals surface area contributed by atoms with Gasteiger partial charge in [0, 0.05) is 14.6 Å². The lowest BCUT2D eigenvalue weighted by molar-refractivity contribution is 0.560. The van der Waals surface area contributed by atoms with Gasteiger partial charge < -0.3 is 5.32 Å². The largest absolute Gasteiger partial charge is 0.308 e. The molecule has 0 saturated heterocycles. The first kappa shape index (κ1) is 15.5. The number of hydrogen-bond donors (Lipinski definition) is 1. The van der Waals surface area contributed by atoms with Gasteiger partial charge in [0.05, 0.1) is 22.4 Å². The SMILES string of the molecule is CCn1ncc(Br)c1C(NC)c1cc(I)ccc1Br. The fraction of sp³-hybridized carbons (Fsp3) is 0.308. The monoisotopic (exact) mass is 497 g/mol. The third-order valence-corrected chi connectivity index (χ3v) is 4.97. The number of rotatable bonds is 4. The van der Waals surface area contributed by atoms with Crippen LogP contribution in [0.2, 0.25) is 0 Å². The Labute approximate surface area is 143 Å². The molecule has 0 spiro atoms. The summed E-state index contributed by atoms with van der Waals surface area (Å²) < 4.78 is 5.36. The summed E-state index contributed by atoms with van der Waals surface area (Å²) >= 11 is 9.57. The second-order valence-electron chi connectivity index (χ2n) is 4.08. The molecule has 1 N–H and O–H groups in total. The lowest BCUT2D eigenvalue weighted by atomic mass is 10.0. The van der Waals surface area contributed by atoms with Crippen molar-refractivity contribution in [2.75, 3.05) is 7.05 Å². The van der Waals surface area contributed by atoms with E-state index in [0.29, 0.717) is 0 Å². The molecule has 0 fully saturated rings.